The molecule has 0 aliphatic carbocycles. The second kappa shape index (κ2) is 6.45. The van der Waals surface area contributed by atoms with E-state index in [2.05, 4.69) is 20.9 Å². The highest BCUT2D eigenvalue weighted by Gasteiger charge is 2.14. The lowest BCUT2D eigenvalue weighted by atomic mass is 10.2. The van der Waals surface area contributed by atoms with Crippen LogP contribution in [0.15, 0.2) is 47.2 Å². The van der Waals surface area contributed by atoms with Gasteiger partial charge in [-0.1, -0.05) is 12.1 Å². The summed E-state index contributed by atoms with van der Waals surface area (Å²) < 4.78 is 0.720. The zero-order valence-corrected chi connectivity index (χ0v) is 12.8. The molecule has 0 atom stereocenters. The number of hydrogen-bond acceptors (Lipinski definition) is 4. The summed E-state index contributed by atoms with van der Waals surface area (Å²) in [7, 11) is 1.64. The summed E-state index contributed by atoms with van der Waals surface area (Å²) >= 11 is 3.26. The molecule has 0 aliphatic rings. The van der Waals surface area contributed by atoms with E-state index in [1.165, 1.54) is 23.2 Å². The molecule has 6 nitrogen and oxygen atoms in total. The lowest BCUT2D eigenvalue weighted by Gasteiger charge is -2.17. The molecule has 1 heterocycles. The van der Waals surface area contributed by atoms with Crippen LogP contribution in [0, 0.1) is 10.1 Å². The molecule has 1 amide bonds. The Morgan fingerprint density at radius 1 is 1.38 bits per heavy atom. The van der Waals surface area contributed by atoms with Crippen LogP contribution < -0.4 is 0 Å². The van der Waals surface area contributed by atoms with Crippen molar-refractivity contribution in [1.82, 2.24) is 9.88 Å². The number of carbonyl (C=O) groups excluding carboxylic acids is 1. The Labute approximate surface area is 129 Å². The Balaban J connectivity index is 2.14. The Bertz CT molecular complexity index is 691. The lowest BCUT2D eigenvalue weighted by molar-refractivity contribution is -0.384. The summed E-state index contributed by atoms with van der Waals surface area (Å²) in [4.78, 5) is 28.0. The predicted molar refractivity (Wildman–Crippen MR) is 80.8 cm³/mol. The number of nitro benzene ring substituents is 1. The third-order valence-corrected chi connectivity index (χ3v) is 3.27. The minimum absolute atomic E-state index is 0.0115. The van der Waals surface area contributed by atoms with E-state index in [4.69, 9.17) is 0 Å². The summed E-state index contributed by atoms with van der Waals surface area (Å²) in [6.45, 7) is 0.285. The van der Waals surface area contributed by atoms with Crippen LogP contribution in [0.4, 0.5) is 5.69 Å². The quantitative estimate of drug-likeness (QED) is 0.627. The van der Waals surface area contributed by atoms with Gasteiger partial charge < -0.3 is 4.90 Å². The van der Waals surface area contributed by atoms with E-state index in [0.717, 1.165) is 4.47 Å². The van der Waals surface area contributed by atoms with Crippen LogP contribution in [0.25, 0.3) is 0 Å². The van der Waals surface area contributed by atoms with Crippen molar-refractivity contribution in [2.45, 2.75) is 6.54 Å². The van der Waals surface area contributed by atoms with Crippen LogP contribution in [0.3, 0.4) is 0 Å². The highest BCUT2D eigenvalue weighted by molar-refractivity contribution is 9.10. The minimum Gasteiger partial charge on any atom is -0.337 e. The van der Waals surface area contributed by atoms with Gasteiger partial charge in [-0.3, -0.25) is 19.9 Å². The fourth-order valence-corrected chi connectivity index (χ4v) is 2.23. The van der Waals surface area contributed by atoms with E-state index in [0.29, 0.717) is 11.1 Å². The summed E-state index contributed by atoms with van der Waals surface area (Å²) in [6, 6.07) is 7.91. The zero-order chi connectivity index (χ0) is 15.4. The second-order valence-electron chi connectivity index (χ2n) is 4.48. The minimum atomic E-state index is -0.455. The molecule has 2 rings (SSSR count). The highest BCUT2D eigenvalue weighted by Crippen LogP contribution is 2.16. The maximum absolute atomic E-state index is 12.3. The smallest absolute Gasteiger partial charge is 0.269 e. The standard InChI is InChI=1S/C14H12BrN3O3/c1-17(14(19)11-6-12(15)8-16-7-11)9-10-3-2-4-13(5-10)18(20)21/h2-8H,9H2,1H3. The summed E-state index contributed by atoms with van der Waals surface area (Å²) in [5, 5.41) is 10.7. The van der Waals surface area contributed by atoms with Crippen LogP contribution >= 0.6 is 15.9 Å². The first-order valence-electron chi connectivity index (χ1n) is 6.06. The van der Waals surface area contributed by atoms with E-state index >= 15 is 0 Å². The Morgan fingerprint density at radius 2 is 2.14 bits per heavy atom. The van der Waals surface area contributed by atoms with Crippen LogP contribution in [0.1, 0.15) is 15.9 Å². The third-order valence-electron chi connectivity index (χ3n) is 2.84. The topological polar surface area (TPSA) is 76.3 Å². The van der Waals surface area contributed by atoms with Crippen molar-refractivity contribution in [3.63, 3.8) is 0 Å². The molecule has 0 saturated heterocycles. The van der Waals surface area contributed by atoms with E-state index in [1.807, 2.05) is 0 Å². The number of aromatic nitrogens is 1. The summed E-state index contributed by atoms with van der Waals surface area (Å²) in [5.41, 5.74) is 1.16. The molecule has 108 valence electrons. The molecule has 7 heteroatoms. The fraction of sp³-hybridized carbons (Fsp3) is 0.143. The zero-order valence-electron chi connectivity index (χ0n) is 11.2. The first-order valence-corrected chi connectivity index (χ1v) is 6.86. The maximum atomic E-state index is 12.3. The van der Waals surface area contributed by atoms with Crippen molar-refractivity contribution >= 4 is 27.5 Å². The molecule has 0 fully saturated rings. The van der Waals surface area contributed by atoms with Crippen molar-refractivity contribution in [1.29, 1.82) is 0 Å². The number of pyridine rings is 1. The predicted octanol–water partition coefficient (Wildman–Crippen LogP) is 3.02. The molecule has 0 spiro atoms. The number of nitrogens with zero attached hydrogens (tertiary/aromatic N) is 3. The third kappa shape index (κ3) is 3.85. The number of non-ortho nitro benzene ring substituents is 1. The molecule has 0 radical (unpaired) electrons. The molecule has 2 aromatic rings. The SMILES string of the molecule is CN(Cc1cccc([N+](=O)[O-])c1)C(=O)c1cncc(Br)c1. The molecule has 1 aromatic heterocycles. The van der Waals surface area contributed by atoms with Gasteiger partial charge in [0.2, 0.25) is 0 Å². The van der Waals surface area contributed by atoms with Gasteiger partial charge in [0.05, 0.1) is 10.5 Å². The maximum Gasteiger partial charge on any atom is 0.269 e. The molecular formula is C14H12BrN3O3. The van der Waals surface area contributed by atoms with Gasteiger partial charge in [0.25, 0.3) is 11.6 Å². The normalized spacial score (nSPS) is 10.2. The fourth-order valence-electron chi connectivity index (χ4n) is 1.86. The Kier molecular flexibility index (Phi) is 4.64. The van der Waals surface area contributed by atoms with Gasteiger partial charge in [0.1, 0.15) is 0 Å². The van der Waals surface area contributed by atoms with Gasteiger partial charge in [-0.25, -0.2) is 0 Å². The molecule has 21 heavy (non-hydrogen) atoms. The number of amides is 1. The molecule has 0 unspecified atom stereocenters. The van der Waals surface area contributed by atoms with E-state index in [-0.39, 0.29) is 18.1 Å². The first kappa shape index (κ1) is 15.1. The summed E-state index contributed by atoms with van der Waals surface area (Å²) in [6.07, 6.45) is 3.08. The van der Waals surface area contributed by atoms with E-state index < -0.39 is 4.92 Å². The molecule has 0 bridgehead atoms. The number of carbonyl (C=O) groups is 1. The Hall–Kier alpha value is -2.28. The molecule has 0 saturated carbocycles. The van der Waals surface area contributed by atoms with Crippen molar-refractivity contribution in [3.8, 4) is 0 Å². The van der Waals surface area contributed by atoms with Gasteiger partial charge in [0.15, 0.2) is 0 Å². The molecule has 0 N–H and O–H groups in total. The van der Waals surface area contributed by atoms with Gasteiger partial charge in [-0.05, 0) is 27.6 Å². The molecule has 0 aliphatic heterocycles. The van der Waals surface area contributed by atoms with Gasteiger partial charge >= 0.3 is 0 Å². The van der Waals surface area contributed by atoms with Gasteiger partial charge in [-0.2, -0.15) is 0 Å². The van der Waals surface area contributed by atoms with Crippen LogP contribution in [0.5, 0.6) is 0 Å². The number of halogens is 1. The average molecular weight is 350 g/mol. The Morgan fingerprint density at radius 3 is 2.81 bits per heavy atom. The number of rotatable bonds is 4. The molecular weight excluding hydrogens is 338 g/mol. The largest absolute Gasteiger partial charge is 0.337 e. The number of hydrogen-bond donors (Lipinski definition) is 0. The first-order chi connectivity index (χ1) is 9.97. The van der Waals surface area contributed by atoms with Gasteiger partial charge in [0, 0.05) is 42.6 Å². The summed E-state index contributed by atoms with van der Waals surface area (Å²) in [5.74, 6) is -0.199. The lowest BCUT2D eigenvalue weighted by Crippen LogP contribution is -2.26. The van der Waals surface area contributed by atoms with E-state index in [1.54, 1.807) is 31.4 Å². The second-order valence-corrected chi connectivity index (χ2v) is 5.40. The van der Waals surface area contributed by atoms with Crippen molar-refractivity contribution in [2.75, 3.05) is 7.05 Å². The number of benzene rings is 1. The van der Waals surface area contributed by atoms with Crippen molar-refractivity contribution < 1.29 is 9.72 Å². The van der Waals surface area contributed by atoms with E-state index in [9.17, 15) is 14.9 Å². The van der Waals surface area contributed by atoms with Gasteiger partial charge in [-0.15, -0.1) is 0 Å². The molecule has 1 aromatic carbocycles. The van der Waals surface area contributed by atoms with Crippen LogP contribution in [0.2, 0.25) is 0 Å². The van der Waals surface area contributed by atoms with Crippen LogP contribution in [-0.2, 0) is 6.54 Å². The van der Waals surface area contributed by atoms with Crippen molar-refractivity contribution in [3.05, 3.63) is 68.4 Å². The monoisotopic (exact) mass is 349 g/mol. The van der Waals surface area contributed by atoms with Crippen molar-refractivity contribution in [2.24, 2.45) is 0 Å². The highest BCUT2D eigenvalue weighted by atomic mass is 79.9. The van der Waals surface area contributed by atoms with Crippen LogP contribution in [-0.4, -0.2) is 27.8 Å². The number of nitro groups is 1. The average Bonchev–Trinajstić information content (AvgIpc) is 2.46.